The largest absolute Gasteiger partial charge is 0.497 e. The van der Waals surface area contributed by atoms with E-state index in [1.165, 1.54) is 7.11 Å². The number of carbonyl (C=O) groups excluding carboxylic acids is 1. The van der Waals surface area contributed by atoms with E-state index in [2.05, 4.69) is 4.74 Å². The molecule has 0 heterocycles. The van der Waals surface area contributed by atoms with E-state index in [9.17, 15) is 9.18 Å². The van der Waals surface area contributed by atoms with Gasteiger partial charge >= 0.3 is 5.97 Å². The third-order valence-corrected chi connectivity index (χ3v) is 2.11. The number of benzene rings is 1. The van der Waals surface area contributed by atoms with Crippen molar-refractivity contribution in [3.8, 4) is 5.75 Å². The molecule has 0 saturated heterocycles. The van der Waals surface area contributed by atoms with Crippen molar-refractivity contribution in [1.29, 1.82) is 0 Å². The highest BCUT2D eigenvalue weighted by Gasteiger charge is 2.16. The summed E-state index contributed by atoms with van der Waals surface area (Å²) < 4.78 is 23.3. The van der Waals surface area contributed by atoms with E-state index >= 15 is 0 Å². The van der Waals surface area contributed by atoms with Crippen LogP contribution in [-0.2, 0) is 9.53 Å². The fourth-order valence-electron chi connectivity index (χ4n) is 1.32. The SMILES string of the molecule is CCOC(=O)CC(F)c1cccc(OC)c1. The van der Waals surface area contributed by atoms with Crippen molar-refractivity contribution in [2.24, 2.45) is 0 Å². The van der Waals surface area contributed by atoms with E-state index in [1.54, 1.807) is 31.2 Å². The minimum Gasteiger partial charge on any atom is -0.497 e. The summed E-state index contributed by atoms with van der Waals surface area (Å²) in [6, 6.07) is 6.60. The molecule has 3 nitrogen and oxygen atoms in total. The number of hydrogen-bond donors (Lipinski definition) is 0. The van der Waals surface area contributed by atoms with Gasteiger partial charge in [0.1, 0.15) is 11.9 Å². The molecular weight excluding hydrogens is 211 g/mol. The van der Waals surface area contributed by atoms with Crippen molar-refractivity contribution in [2.45, 2.75) is 19.5 Å². The van der Waals surface area contributed by atoms with Crippen molar-refractivity contribution < 1.29 is 18.7 Å². The molecule has 16 heavy (non-hydrogen) atoms. The van der Waals surface area contributed by atoms with Gasteiger partial charge < -0.3 is 9.47 Å². The van der Waals surface area contributed by atoms with Gasteiger partial charge in [0.15, 0.2) is 0 Å². The van der Waals surface area contributed by atoms with Crippen molar-refractivity contribution in [3.05, 3.63) is 29.8 Å². The summed E-state index contributed by atoms with van der Waals surface area (Å²) in [6.07, 6.45) is -1.62. The molecule has 4 heteroatoms. The molecule has 1 unspecified atom stereocenters. The average molecular weight is 226 g/mol. The van der Waals surface area contributed by atoms with Crippen LogP contribution in [0.5, 0.6) is 5.75 Å². The maximum Gasteiger partial charge on any atom is 0.309 e. The number of alkyl halides is 1. The van der Waals surface area contributed by atoms with Crippen LogP contribution in [0.1, 0.15) is 25.1 Å². The summed E-state index contributed by atoms with van der Waals surface area (Å²) in [5, 5.41) is 0. The lowest BCUT2D eigenvalue weighted by molar-refractivity contribution is -0.144. The molecule has 1 aromatic rings. The molecule has 0 aliphatic rings. The topological polar surface area (TPSA) is 35.5 Å². The molecule has 1 aromatic carbocycles. The Bertz CT molecular complexity index is 352. The predicted octanol–water partition coefficient (Wildman–Crippen LogP) is 2.66. The van der Waals surface area contributed by atoms with Gasteiger partial charge in [-0.25, -0.2) is 4.39 Å². The summed E-state index contributed by atoms with van der Waals surface area (Å²) in [7, 11) is 1.51. The number of methoxy groups -OCH3 is 1. The normalized spacial score (nSPS) is 11.9. The minimum absolute atomic E-state index is 0.263. The summed E-state index contributed by atoms with van der Waals surface area (Å²) in [5.74, 6) is 0.0434. The summed E-state index contributed by atoms with van der Waals surface area (Å²) >= 11 is 0. The number of hydrogen-bond acceptors (Lipinski definition) is 3. The van der Waals surface area contributed by atoms with E-state index in [1.807, 2.05) is 0 Å². The first kappa shape index (κ1) is 12.5. The molecule has 0 aliphatic heterocycles. The molecular formula is C12H15FO3. The molecule has 0 saturated carbocycles. The molecule has 0 spiro atoms. The maximum atomic E-state index is 13.7. The van der Waals surface area contributed by atoms with Gasteiger partial charge in [-0.05, 0) is 24.6 Å². The highest BCUT2D eigenvalue weighted by molar-refractivity contribution is 5.70. The monoisotopic (exact) mass is 226 g/mol. The van der Waals surface area contributed by atoms with Gasteiger partial charge in [-0.15, -0.1) is 0 Å². The first-order valence-electron chi connectivity index (χ1n) is 5.11. The molecule has 88 valence electrons. The van der Waals surface area contributed by atoms with Gasteiger partial charge in [0, 0.05) is 0 Å². The van der Waals surface area contributed by atoms with Crippen molar-refractivity contribution in [1.82, 2.24) is 0 Å². The van der Waals surface area contributed by atoms with Gasteiger partial charge in [-0.3, -0.25) is 4.79 Å². The van der Waals surface area contributed by atoms with E-state index in [-0.39, 0.29) is 13.0 Å². The molecule has 0 radical (unpaired) electrons. The molecule has 0 amide bonds. The summed E-state index contributed by atoms with van der Waals surface area (Å²) in [6.45, 7) is 1.96. The van der Waals surface area contributed by atoms with Crippen LogP contribution in [0, 0.1) is 0 Å². The Hall–Kier alpha value is -1.58. The Balaban J connectivity index is 2.64. The molecule has 0 N–H and O–H groups in total. The van der Waals surface area contributed by atoms with Crippen LogP contribution in [0.2, 0.25) is 0 Å². The average Bonchev–Trinajstić information content (AvgIpc) is 2.29. The van der Waals surface area contributed by atoms with E-state index in [0.29, 0.717) is 11.3 Å². The highest BCUT2D eigenvalue weighted by atomic mass is 19.1. The van der Waals surface area contributed by atoms with Crippen LogP contribution in [0.25, 0.3) is 0 Å². The van der Waals surface area contributed by atoms with Gasteiger partial charge in [0.25, 0.3) is 0 Å². The lowest BCUT2D eigenvalue weighted by Gasteiger charge is -2.09. The fourth-order valence-corrected chi connectivity index (χ4v) is 1.32. The quantitative estimate of drug-likeness (QED) is 0.724. The van der Waals surface area contributed by atoms with Gasteiger partial charge in [0.05, 0.1) is 20.1 Å². The van der Waals surface area contributed by atoms with Crippen LogP contribution in [-0.4, -0.2) is 19.7 Å². The number of rotatable bonds is 5. The Morgan fingerprint density at radius 2 is 2.25 bits per heavy atom. The van der Waals surface area contributed by atoms with Gasteiger partial charge in [-0.1, -0.05) is 12.1 Å². The third kappa shape index (κ3) is 3.53. The lowest BCUT2D eigenvalue weighted by atomic mass is 10.1. The number of ether oxygens (including phenoxy) is 2. The second-order valence-electron chi connectivity index (χ2n) is 3.25. The van der Waals surface area contributed by atoms with Crippen molar-refractivity contribution in [2.75, 3.05) is 13.7 Å². The molecule has 0 aromatic heterocycles. The molecule has 1 rings (SSSR count). The molecule has 0 fully saturated rings. The third-order valence-electron chi connectivity index (χ3n) is 2.11. The van der Waals surface area contributed by atoms with Crippen molar-refractivity contribution >= 4 is 5.97 Å². The second-order valence-corrected chi connectivity index (χ2v) is 3.25. The number of esters is 1. The van der Waals surface area contributed by atoms with Crippen LogP contribution < -0.4 is 4.74 Å². The van der Waals surface area contributed by atoms with E-state index < -0.39 is 12.1 Å². The van der Waals surface area contributed by atoms with Gasteiger partial charge in [0.2, 0.25) is 0 Å². The van der Waals surface area contributed by atoms with E-state index in [0.717, 1.165) is 0 Å². The maximum absolute atomic E-state index is 13.7. The smallest absolute Gasteiger partial charge is 0.309 e. The number of carbonyl (C=O) groups is 1. The minimum atomic E-state index is -1.35. The Labute approximate surface area is 94.2 Å². The zero-order chi connectivity index (χ0) is 12.0. The molecule has 0 aliphatic carbocycles. The Kier molecular flexibility index (Phi) is 4.76. The fraction of sp³-hybridized carbons (Fsp3) is 0.417. The number of halogens is 1. The first-order valence-corrected chi connectivity index (χ1v) is 5.11. The van der Waals surface area contributed by atoms with E-state index in [4.69, 9.17) is 4.74 Å². The van der Waals surface area contributed by atoms with Crippen LogP contribution in [0.4, 0.5) is 4.39 Å². The first-order chi connectivity index (χ1) is 7.67. The lowest BCUT2D eigenvalue weighted by Crippen LogP contribution is -2.07. The van der Waals surface area contributed by atoms with Crippen LogP contribution in [0.3, 0.4) is 0 Å². The zero-order valence-corrected chi connectivity index (χ0v) is 9.40. The second kappa shape index (κ2) is 6.10. The molecule has 0 bridgehead atoms. The Morgan fingerprint density at radius 3 is 2.88 bits per heavy atom. The zero-order valence-electron chi connectivity index (χ0n) is 9.40. The van der Waals surface area contributed by atoms with Crippen LogP contribution >= 0.6 is 0 Å². The van der Waals surface area contributed by atoms with Gasteiger partial charge in [-0.2, -0.15) is 0 Å². The Morgan fingerprint density at radius 1 is 1.50 bits per heavy atom. The summed E-state index contributed by atoms with van der Waals surface area (Å²) in [5.41, 5.74) is 0.424. The standard InChI is InChI=1S/C12H15FO3/c1-3-16-12(14)8-11(13)9-5-4-6-10(7-9)15-2/h4-7,11H,3,8H2,1-2H3. The summed E-state index contributed by atoms with van der Waals surface area (Å²) in [4.78, 5) is 11.1. The van der Waals surface area contributed by atoms with Crippen LogP contribution in [0.15, 0.2) is 24.3 Å². The molecule has 1 atom stereocenters. The van der Waals surface area contributed by atoms with Crippen molar-refractivity contribution in [3.63, 3.8) is 0 Å². The predicted molar refractivity (Wildman–Crippen MR) is 58.1 cm³/mol. The highest BCUT2D eigenvalue weighted by Crippen LogP contribution is 2.24.